The van der Waals surface area contributed by atoms with Gasteiger partial charge in [0.25, 0.3) is 5.91 Å². The number of esters is 1. The maximum absolute atomic E-state index is 12.9. The Bertz CT molecular complexity index is 1130. The van der Waals surface area contributed by atoms with E-state index in [1.807, 2.05) is 6.92 Å². The van der Waals surface area contributed by atoms with Crippen LogP contribution in [-0.4, -0.2) is 30.3 Å². The van der Waals surface area contributed by atoms with Gasteiger partial charge in [-0.05, 0) is 68.0 Å². The van der Waals surface area contributed by atoms with E-state index in [-0.39, 0.29) is 29.2 Å². The van der Waals surface area contributed by atoms with Crippen molar-refractivity contribution in [3.63, 3.8) is 0 Å². The minimum absolute atomic E-state index is 0.155. The van der Waals surface area contributed by atoms with Crippen molar-refractivity contribution in [1.29, 1.82) is 0 Å². The number of ether oxygens (including phenoxy) is 1. The third kappa shape index (κ3) is 4.78. The number of nitrogens with zero attached hydrogens (tertiary/aromatic N) is 1. The molecule has 0 unspecified atom stereocenters. The number of carbonyl (C=O) groups excluding carboxylic acids is 4. The number of halogens is 1. The van der Waals surface area contributed by atoms with Crippen LogP contribution < -0.4 is 10.2 Å². The number of hydrogen-bond donors (Lipinski definition) is 1. The van der Waals surface area contributed by atoms with Gasteiger partial charge in [0.1, 0.15) is 0 Å². The first-order chi connectivity index (χ1) is 15.7. The van der Waals surface area contributed by atoms with Crippen molar-refractivity contribution in [3.8, 4) is 0 Å². The van der Waals surface area contributed by atoms with E-state index in [1.54, 1.807) is 30.3 Å². The van der Waals surface area contributed by atoms with Gasteiger partial charge in [0.2, 0.25) is 11.8 Å². The molecule has 3 amide bonds. The highest BCUT2D eigenvalue weighted by Gasteiger charge is 2.50. The number of amides is 3. The second-order valence-electron chi connectivity index (χ2n) is 8.78. The largest absolute Gasteiger partial charge is 0.452 e. The Morgan fingerprint density at radius 2 is 1.85 bits per heavy atom. The second-order valence-corrected chi connectivity index (χ2v) is 9.19. The maximum Gasteiger partial charge on any atom is 0.338 e. The fraction of sp³-hybridized carbons (Fsp3) is 0.360. The molecule has 0 radical (unpaired) electrons. The average Bonchev–Trinajstić information content (AvgIpc) is 3.04. The molecule has 1 N–H and O–H groups in total. The summed E-state index contributed by atoms with van der Waals surface area (Å²) in [5, 5.41) is 3.13. The Morgan fingerprint density at radius 1 is 1.09 bits per heavy atom. The van der Waals surface area contributed by atoms with Gasteiger partial charge in [-0.15, -0.1) is 0 Å². The molecule has 2 aromatic carbocycles. The predicted molar refractivity (Wildman–Crippen MR) is 124 cm³/mol. The standard InChI is InChI=1S/C25H25ClN2O5/c1-14-6-9-19-20(10-14)24(31)28(23(19)30)18-5-3-4-16(11-18)25(32)33-13-22(29)27-17-8-7-15(2)21(26)12-17/h3-5,7-8,11-12,14,19-20H,6,9-10,13H2,1-2H3,(H,27,29)/t14-,19-,20-/m1/s1. The second kappa shape index (κ2) is 9.35. The number of nitrogens with one attached hydrogen (secondary N) is 1. The lowest BCUT2D eigenvalue weighted by atomic mass is 9.76. The SMILES string of the molecule is Cc1ccc(NC(=O)COC(=O)c2cccc(N3C(=O)[C@@H]4CC[C@@H](C)C[C@H]4C3=O)c2)cc1Cl. The van der Waals surface area contributed by atoms with Crippen molar-refractivity contribution in [3.05, 3.63) is 58.6 Å². The molecule has 3 atom stereocenters. The van der Waals surface area contributed by atoms with Crippen LogP contribution in [0.4, 0.5) is 11.4 Å². The zero-order valence-corrected chi connectivity index (χ0v) is 19.2. The Morgan fingerprint density at radius 3 is 2.61 bits per heavy atom. The number of carbonyl (C=O) groups is 4. The number of hydrogen-bond acceptors (Lipinski definition) is 5. The number of aryl methyl sites for hydroxylation is 1. The lowest BCUT2D eigenvalue weighted by Crippen LogP contribution is -2.31. The Labute approximate surface area is 197 Å². The van der Waals surface area contributed by atoms with Gasteiger partial charge in [0, 0.05) is 10.7 Å². The summed E-state index contributed by atoms with van der Waals surface area (Å²) >= 11 is 6.05. The summed E-state index contributed by atoms with van der Waals surface area (Å²) < 4.78 is 5.12. The fourth-order valence-electron chi connectivity index (χ4n) is 4.50. The van der Waals surface area contributed by atoms with Crippen LogP contribution in [0, 0.1) is 24.7 Å². The van der Waals surface area contributed by atoms with Crippen LogP contribution in [0.2, 0.25) is 5.02 Å². The molecule has 0 aromatic heterocycles. The van der Waals surface area contributed by atoms with Crippen LogP contribution >= 0.6 is 11.6 Å². The highest BCUT2D eigenvalue weighted by Crippen LogP contribution is 2.42. The van der Waals surface area contributed by atoms with Crippen LogP contribution in [0.1, 0.15) is 42.1 Å². The van der Waals surface area contributed by atoms with E-state index in [9.17, 15) is 19.2 Å². The maximum atomic E-state index is 12.9. The van der Waals surface area contributed by atoms with Crippen LogP contribution in [0.3, 0.4) is 0 Å². The highest BCUT2D eigenvalue weighted by atomic mass is 35.5. The van der Waals surface area contributed by atoms with E-state index in [1.165, 1.54) is 17.0 Å². The molecule has 2 fully saturated rings. The molecule has 4 rings (SSSR count). The molecule has 172 valence electrons. The van der Waals surface area contributed by atoms with Gasteiger partial charge in [-0.2, -0.15) is 0 Å². The van der Waals surface area contributed by atoms with Crippen molar-refractivity contribution >= 4 is 46.7 Å². The number of anilines is 2. The zero-order chi connectivity index (χ0) is 23.7. The first kappa shape index (κ1) is 23.0. The van der Waals surface area contributed by atoms with Gasteiger partial charge in [-0.1, -0.05) is 30.7 Å². The highest BCUT2D eigenvalue weighted by molar-refractivity contribution is 6.31. The van der Waals surface area contributed by atoms with Crippen molar-refractivity contribution in [1.82, 2.24) is 0 Å². The molecule has 33 heavy (non-hydrogen) atoms. The summed E-state index contributed by atoms with van der Waals surface area (Å²) in [6.07, 6.45) is 2.34. The van der Waals surface area contributed by atoms with Gasteiger partial charge in [-0.3, -0.25) is 19.3 Å². The first-order valence-corrected chi connectivity index (χ1v) is 11.3. The van der Waals surface area contributed by atoms with Crippen molar-refractivity contribution < 1.29 is 23.9 Å². The van der Waals surface area contributed by atoms with E-state index >= 15 is 0 Å². The molecule has 0 bridgehead atoms. The van der Waals surface area contributed by atoms with E-state index in [2.05, 4.69) is 12.2 Å². The smallest absolute Gasteiger partial charge is 0.338 e. The molecule has 8 heteroatoms. The molecule has 1 aliphatic carbocycles. The molecule has 1 saturated heterocycles. The van der Waals surface area contributed by atoms with Gasteiger partial charge in [0.05, 0.1) is 23.1 Å². The number of benzene rings is 2. The van der Waals surface area contributed by atoms with Crippen LogP contribution in [-0.2, 0) is 19.1 Å². The molecular weight excluding hydrogens is 444 g/mol. The molecular formula is C25H25ClN2O5. The molecule has 2 aromatic rings. The zero-order valence-electron chi connectivity index (χ0n) is 18.5. The van der Waals surface area contributed by atoms with Crippen molar-refractivity contribution in [2.24, 2.45) is 17.8 Å². The first-order valence-electron chi connectivity index (χ1n) is 11.0. The predicted octanol–water partition coefficient (Wildman–Crippen LogP) is 4.37. The van der Waals surface area contributed by atoms with Gasteiger partial charge in [-0.25, -0.2) is 4.79 Å². The third-order valence-electron chi connectivity index (χ3n) is 6.32. The summed E-state index contributed by atoms with van der Waals surface area (Å²) in [5.74, 6) is -1.83. The summed E-state index contributed by atoms with van der Waals surface area (Å²) in [5.41, 5.74) is 1.88. The summed E-state index contributed by atoms with van der Waals surface area (Å²) in [6, 6.07) is 11.3. The van der Waals surface area contributed by atoms with Gasteiger partial charge >= 0.3 is 5.97 Å². The van der Waals surface area contributed by atoms with Crippen LogP contribution in [0.25, 0.3) is 0 Å². The average molecular weight is 469 g/mol. The molecule has 7 nitrogen and oxygen atoms in total. The molecule has 1 saturated carbocycles. The minimum atomic E-state index is -0.723. The topological polar surface area (TPSA) is 92.8 Å². The Hall–Kier alpha value is -3.19. The van der Waals surface area contributed by atoms with Crippen LogP contribution in [0.5, 0.6) is 0 Å². The van der Waals surface area contributed by atoms with Gasteiger partial charge < -0.3 is 10.1 Å². The lowest BCUT2D eigenvalue weighted by Gasteiger charge is -2.25. The van der Waals surface area contributed by atoms with E-state index < -0.39 is 18.5 Å². The number of rotatable bonds is 5. The van der Waals surface area contributed by atoms with E-state index in [0.717, 1.165) is 12.0 Å². The summed E-state index contributed by atoms with van der Waals surface area (Å²) in [7, 11) is 0. The quantitative estimate of drug-likeness (QED) is 0.519. The summed E-state index contributed by atoms with van der Waals surface area (Å²) in [6.45, 7) is 3.45. The number of fused-ring (bicyclic) bond motifs is 1. The normalized spacial score (nSPS) is 22.2. The Balaban J connectivity index is 1.40. The molecule has 0 spiro atoms. The lowest BCUT2D eigenvalue weighted by molar-refractivity contribution is -0.122. The van der Waals surface area contributed by atoms with E-state index in [4.69, 9.17) is 16.3 Å². The van der Waals surface area contributed by atoms with Crippen LogP contribution in [0.15, 0.2) is 42.5 Å². The molecule has 2 aliphatic rings. The van der Waals surface area contributed by atoms with Crippen molar-refractivity contribution in [2.45, 2.75) is 33.1 Å². The third-order valence-corrected chi connectivity index (χ3v) is 6.72. The monoisotopic (exact) mass is 468 g/mol. The molecule has 1 heterocycles. The molecule has 1 aliphatic heterocycles. The van der Waals surface area contributed by atoms with Crippen molar-refractivity contribution in [2.75, 3.05) is 16.8 Å². The summed E-state index contributed by atoms with van der Waals surface area (Å²) in [4.78, 5) is 51.7. The van der Waals surface area contributed by atoms with Gasteiger partial charge in [0.15, 0.2) is 6.61 Å². The minimum Gasteiger partial charge on any atom is -0.452 e. The van der Waals surface area contributed by atoms with E-state index in [0.29, 0.717) is 35.2 Å². The number of imide groups is 1. The fourth-order valence-corrected chi connectivity index (χ4v) is 4.68. The Kier molecular flexibility index (Phi) is 6.51.